The van der Waals surface area contributed by atoms with Gasteiger partial charge in [-0.15, -0.1) is 0 Å². The largest absolute Gasteiger partial charge is 0.462 e. The van der Waals surface area contributed by atoms with E-state index in [1.54, 1.807) is 24.3 Å². The molecule has 0 bridgehead atoms. The second kappa shape index (κ2) is 6.14. The van der Waals surface area contributed by atoms with Crippen molar-refractivity contribution >= 4 is 11.8 Å². The Morgan fingerprint density at radius 3 is 2.79 bits per heavy atom. The van der Waals surface area contributed by atoms with Crippen molar-refractivity contribution in [3.8, 4) is 6.07 Å². The molecule has 1 aromatic carbocycles. The second-order valence-electron chi connectivity index (χ2n) is 4.66. The number of carbonyl (C=O) groups is 2. The summed E-state index contributed by atoms with van der Waals surface area (Å²) in [6.45, 7) is 0.254. The van der Waals surface area contributed by atoms with Crippen molar-refractivity contribution in [2.45, 2.75) is 19.3 Å². The number of ketones is 1. The normalized spacial score (nSPS) is 21.9. The van der Waals surface area contributed by atoms with Crippen molar-refractivity contribution < 1.29 is 14.3 Å². The molecule has 4 heteroatoms. The Balaban J connectivity index is 1.80. The van der Waals surface area contributed by atoms with Gasteiger partial charge in [-0.3, -0.25) is 4.79 Å². The van der Waals surface area contributed by atoms with Crippen LogP contribution >= 0.6 is 0 Å². The molecule has 2 rings (SSSR count). The predicted molar refractivity (Wildman–Crippen MR) is 68.2 cm³/mol. The third-order valence-electron chi connectivity index (χ3n) is 3.45. The number of nitriles is 1. The first-order valence-corrected chi connectivity index (χ1v) is 6.37. The summed E-state index contributed by atoms with van der Waals surface area (Å²) < 4.78 is 5.16. The highest BCUT2D eigenvalue weighted by molar-refractivity contribution is 5.89. The van der Waals surface area contributed by atoms with Gasteiger partial charge in [-0.1, -0.05) is 18.2 Å². The van der Waals surface area contributed by atoms with Crippen molar-refractivity contribution in [2.24, 2.45) is 11.8 Å². The minimum atomic E-state index is -0.518. The Labute approximate surface area is 112 Å². The van der Waals surface area contributed by atoms with Crippen LogP contribution in [0.4, 0.5) is 0 Å². The van der Waals surface area contributed by atoms with Crippen LogP contribution in [0.1, 0.15) is 29.6 Å². The Bertz CT molecular complexity index is 504. The zero-order valence-corrected chi connectivity index (χ0v) is 10.5. The summed E-state index contributed by atoms with van der Waals surface area (Å²) in [5.74, 6) is -0.836. The van der Waals surface area contributed by atoms with Crippen molar-refractivity contribution in [3.63, 3.8) is 0 Å². The average molecular weight is 257 g/mol. The molecule has 0 aliphatic heterocycles. The maximum Gasteiger partial charge on any atom is 0.338 e. The van der Waals surface area contributed by atoms with Crippen LogP contribution in [0, 0.1) is 23.2 Å². The van der Waals surface area contributed by atoms with Gasteiger partial charge in [-0.05, 0) is 30.9 Å². The Hall–Kier alpha value is -2.15. The third-order valence-corrected chi connectivity index (χ3v) is 3.45. The maximum absolute atomic E-state index is 11.7. The monoisotopic (exact) mass is 257 g/mol. The van der Waals surface area contributed by atoms with Crippen LogP contribution in [-0.4, -0.2) is 18.4 Å². The van der Waals surface area contributed by atoms with Crippen LogP contribution in [0.5, 0.6) is 0 Å². The topological polar surface area (TPSA) is 67.2 Å². The lowest BCUT2D eigenvalue weighted by atomic mass is 9.94. The van der Waals surface area contributed by atoms with Gasteiger partial charge >= 0.3 is 5.97 Å². The Morgan fingerprint density at radius 1 is 1.37 bits per heavy atom. The maximum atomic E-state index is 11.7. The standard InChI is InChI=1S/C15H15NO3/c16-10-13-11(6-7-14(13)17)8-9-19-15(18)12-4-2-1-3-5-12/h1-5,11,13H,6-9H2. The molecule has 0 spiro atoms. The molecule has 0 aromatic heterocycles. The lowest BCUT2D eigenvalue weighted by Gasteiger charge is -2.12. The van der Waals surface area contributed by atoms with E-state index < -0.39 is 5.92 Å². The molecule has 0 radical (unpaired) electrons. The molecule has 1 aliphatic carbocycles. The molecule has 1 aromatic rings. The predicted octanol–water partition coefficient (Wildman–Crippen LogP) is 2.35. The number of carbonyl (C=O) groups excluding carboxylic acids is 2. The van der Waals surface area contributed by atoms with Crippen LogP contribution in [0.15, 0.2) is 30.3 Å². The Kier molecular flexibility index (Phi) is 4.30. The molecule has 0 saturated heterocycles. The number of Topliss-reactive ketones (excluding diaryl/α,β-unsaturated/α-hetero) is 1. The minimum absolute atomic E-state index is 0.0156. The van der Waals surface area contributed by atoms with E-state index in [-0.39, 0.29) is 24.3 Å². The van der Waals surface area contributed by atoms with Gasteiger partial charge in [0.25, 0.3) is 0 Å². The van der Waals surface area contributed by atoms with E-state index in [2.05, 4.69) is 0 Å². The summed E-state index contributed by atoms with van der Waals surface area (Å²) in [7, 11) is 0. The molecule has 4 nitrogen and oxygen atoms in total. The molecule has 0 N–H and O–H groups in total. The lowest BCUT2D eigenvalue weighted by Crippen LogP contribution is -2.16. The van der Waals surface area contributed by atoms with Crippen LogP contribution < -0.4 is 0 Å². The first-order chi connectivity index (χ1) is 9.22. The fraction of sp³-hybridized carbons (Fsp3) is 0.400. The molecular formula is C15H15NO3. The molecule has 1 fully saturated rings. The fourth-order valence-corrected chi connectivity index (χ4v) is 2.36. The van der Waals surface area contributed by atoms with Gasteiger partial charge in [-0.2, -0.15) is 5.26 Å². The van der Waals surface area contributed by atoms with Gasteiger partial charge < -0.3 is 4.74 Å². The van der Waals surface area contributed by atoms with Crippen molar-refractivity contribution in [1.29, 1.82) is 5.26 Å². The van der Waals surface area contributed by atoms with E-state index in [0.717, 1.165) is 6.42 Å². The van der Waals surface area contributed by atoms with Crippen LogP contribution in [0.3, 0.4) is 0 Å². The average Bonchev–Trinajstić information content (AvgIpc) is 2.80. The molecule has 0 heterocycles. The molecule has 0 amide bonds. The number of nitrogens with zero attached hydrogens (tertiary/aromatic N) is 1. The smallest absolute Gasteiger partial charge is 0.338 e. The first kappa shape index (κ1) is 13.3. The number of hydrogen-bond acceptors (Lipinski definition) is 4. The van der Waals surface area contributed by atoms with Gasteiger partial charge in [0, 0.05) is 6.42 Å². The molecule has 2 unspecified atom stereocenters. The van der Waals surface area contributed by atoms with Crippen LogP contribution in [0.25, 0.3) is 0 Å². The van der Waals surface area contributed by atoms with Crippen molar-refractivity contribution in [2.75, 3.05) is 6.61 Å². The van der Waals surface area contributed by atoms with E-state index in [9.17, 15) is 9.59 Å². The molecule has 2 atom stereocenters. The summed E-state index contributed by atoms with van der Waals surface area (Å²) in [6.07, 6.45) is 1.76. The molecule has 19 heavy (non-hydrogen) atoms. The summed E-state index contributed by atoms with van der Waals surface area (Å²) in [4.78, 5) is 23.1. The molecular weight excluding hydrogens is 242 g/mol. The van der Waals surface area contributed by atoms with E-state index in [1.807, 2.05) is 12.1 Å². The van der Waals surface area contributed by atoms with Gasteiger partial charge in [0.05, 0.1) is 18.2 Å². The summed E-state index contributed by atoms with van der Waals surface area (Å²) in [6, 6.07) is 10.8. The van der Waals surface area contributed by atoms with Crippen LogP contribution in [-0.2, 0) is 9.53 Å². The number of benzene rings is 1. The second-order valence-corrected chi connectivity index (χ2v) is 4.66. The quantitative estimate of drug-likeness (QED) is 0.776. The van der Waals surface area contributed by atoms with Gasteiger partial charge in [-0.25, -0.2) is 4.79 Å². The molecule has 1 aliphatic rings. The van der Waals surface area contributed by atoms with E-state index in [1.165, 1.54) is 0 Å². The van der Waals surface area contributed by atoms with Crippen molar-refractivity contribution in [1.82, 2.24) is 0 Å². The SMILES string of the molecule is N#CC1C(=O)CCC1CCOC(=O)c1ccccc1. The third kappa shape index (κ3) is 3.19. The van der Waals surface area contributed by atoms with E-state index in [0.29, 0.717) is 18.4 Å². The van der Waals surface area contributed by atoms with Gasteiger partial charge in [0.15, 0.2) is 0 Å². The fourth-order valence-electron chi connectivity index (χ4n) is 2.36. The number of ether oxygens (including phenoxy) is 1. The number of hydrogen-bond donors (Lipinski definition) is 0. The highest BCUT2D eigenvalue weighted by atomic mass is 16.5. The van der Waals surface area contributed by atoms with Crippen molar-refractivity contribution in [3.05, 3.63) is 35.9 Å². The summed E-state index contributed by atoms with van der Waals surface area (Å²) >= 11 is 0. The minimum Gasteiger partial charge on any atom is -0.462 e. The highest BCUT2D eigenvalue weighted by Crippen LogP contribution is 2.30. The summed E-state index contributed by atoms with van der Waals surface area (Å²) in [5, 5.41) is 8.91. The Morgan fingerprint density at radius 2 is 2.11 bits per heavy atom. The zero-order valence-electron chi connectivity index (χ0n) is 10.5. The number of rotatable bonds is 4. The number of esters is 1. The van der Waals surface area contributed by atoms with E-state index in [4.69, 9.17) is 10.00 Å². The van der Waals surface area contributed by atoms with Gasteiger partial charge in [0.2, 0.25) is 0 Å². The first-order valence-electron chi connectivity index (χ1n) is 6.37. The van der Waals surface area contributed by atoms with E-state index >= 15 is 0 Å². The van der Waals surface area contributed by atoms with Gasteiger partial charge in [0.1, 0.15) is 11.7 Å². The highest BCUT2D eigenvalue weighted by Gasteiger charge is 2.34. The molecule has 98 valence electrons. The summed E-state index contributed by atoms with van der Waals surface area (Å²) in [5.41, 5.74) is 0.516. The lowest BCUT2D eigenvalue weighted by molar-refractivity contribution is -0.119. The molecule has 1 saturated carbocycles. The zero-order chi connectivity index (χ0) is 13.7. The van der Waals surface area contributed by atoms with Crippen LogP contribution in [0.2, 0.25) is 0 Å².